The Balaban J connectivity index is 2.16. The zero-order valence-electron chi connectivity index (χ0n) is 13.3. The standard InChI is InChI=1S/C16H17F3N2O3/c1-11-3-5-12(6-4-11)7-8-21(10-16(17,18)19)15(23)13-9-14(22)20(2)24-13/h3-6,9H,7-8,10H2,1-2H3. The minimum atomic E-state index is -4.54. The minimum Gasteiger partial charge on any atom is -0.371 e. The van der Waals surface area contributed by atoms with Crippen LogP contribution in [0.4, 0.5) is 13.2 Å². The van der Waals surface area contributed by atoms with Gasteiger partial charge in [-0.05, 0) is 18.9 Å². The maximum atomic E-state index is 12.8. The summed E-state index contributed by atoms with van der Waals surface area (Å²) < 4.78 is 43.9. The van der Waals surface area contributed by atoms with Gasteiger partial charge in [0.05, 0.1) is 6.07 Å². The topological polar surface area (TPSA) is 55.5 Å². The Morgan fingerprint density at radius 1 is 1.25 bits per heavy atom. The first-order valence-electron chi connectivity index (χ1n) is 7.24. The number of aromatic nitrogens is 1. The molecule has 0 aliphatic carbocycles. The summed E-state index contributed by atoms with van der Waals surface area (Å²) in [6.07, 6.45) is -4.28. The fourth-order valence-corrected chi connectivity index (χ4v) is 2.17. The fraction of sp³-hybridized carbons (Fsp3) is 0.375. The number of alkyl halides is 3. The van der Waals surface area contributed by atoms with Crippen LogP contribution in [0.15, 0.2) is 39.6 Å². The van der Waals surface area contributed by atoms with Gasteiger partial charge in [0.25, 0.3) is 11.5 Å². The second kappa shape index (κ2) is 6.94. The molecule has 0 bridgehead atoms. The van der Waals surface area contributed by atoms with Gasteiger partial charge in [-0.25, -0.2) is 0 Å². The normalized spacial score (nSPS) is 11.5. The van der Waals surface area contributed by atoms with Crippen LogP contribution in [0.5, 0.6) is 0 Å². The molecule has 1 aromatic carbocycles. The summed E-state index contributed by atoms with van der Waals surface area (Å²) in [6, 6.07) is 8.18. The van der Waals surface area contributed by atoms with E-state index in [9.17, 15) is 22.8 Å². The molecule has 0 saturated heterocycles. The molecule has 0 spiro atoms. The third kappa shape index (κ3) is 4.74. The van der Waals surface area contributed by atoms with E-state index in [2.05, 4.69) is 0 Å². The van der Waals surface area contributed by atoms with Crippen molar-refractivity contribution in [2.24, 2.45) is 7.05 Å². The van der Waals surface area contributed by atoms with Gasteiger partial charge in [0.15, 0.2) is 0 Å². The zero-order chi connectivity index (χ0) is 17.9. The van der Waals surface area contributed by atoms with Crippen LogP contribution >= 0.6 is 0 Å². The third-order valence-electron chi connectivity index (χ3n) is 3.46. The molecule has 1 amide bonds. The van der Waals surface area contributed by atoms with E-state index < -0.39 is 29.9 Å². The van der Waals surface area contributed by atoms with Gasteiger partial charge < -0.3 is 9.42 Å². The molecule has 2 aromatic rings. The highest BCUT2D eigenvalue weighted by Gasteiger charge is 2.34. The summed E-state index contributed by atoms with van der Waals surface area (Å²) in [4.78, 5) is 24.2. The molecule has 0 saturated carbocycles. The molecule has 24 heavy (non-hydrogen) atoms. The monoisotopic (exact) mass is 342 g/mol. The lowest BCUT2D eigenvalue weighted by Gasteiger charge is -2.22. The van der Waals surface area contributed by atoms with E-state index in [0.29, 0.717) is 4.90 Å². The van der Waals surface area contributed by atoms with Crippen molar-refractivity contribution in [2.75, 3.05) is 13.1 Å². The summed E-state index contributed by atoms with van der Waals surface area (Å²) >= 11 is 0. The Hall–Kier alpha value is -2.51. The lowest BCUT2D eigenvalue weighted by molar-refractivity contribution is -0.140. The highest BCUT2D eigenvalue weighted by Crippen LogP contribution is 2.18. The Kier molecular flexibility index (Phi) is 5.16. The van der Waals surface area contributed by atoms with Crippen molar-refractivity contribution in [1.82, 2.24) is 9.64 Å². The van der Waals surface area contributed by atoms with Gasteiger partial charge >= 0.3 is 6.18 Å². The molecule has 0 aliphatic rings. The van der Waals surface area contributed by atoms with Crippen molar-refractivity contribution < 1.29 is 22.5 Å². The SMILES string of the molecule is Cc1ccc(CCN(CC(F)(F)F)C(=O)c2cc(=O)n(C)o2)cc1. The molecule has 0 aliphatic heterocycles. The van der Waals surface area contributed by atoms with E-state index in [1.807, 2.05) is 19.1 Å². The molecule has 0 radical (unpaired) electrons. The average Bonchev–Trinajstić information content (AvgIpc) is 2.83. The van der Waals surface area contributed by atoms with E-state index in [1.54, 1.807) is 12.1 Å². The molecule has 0 N–H and O–H groups in total. The molecule has 0 unspecified atom stereocenters. The van der Waals surface area contributed by atoms with E-state index in [4.69, 9.17) is 4.52 Å². The number of rotatable bonds is 5. The van der Waals surface area contributed by atoms with E-state index in [0.717, 1.165) is 21.9 Å². The predicted molar refractivity (Wildman–Crippen MR) is 80.8 cm³/mol. The largest absolute Gasteiger partial charge is 0.406 e. The molecule has 5 nitrogen and oxygen atoms in total. The van der Waals surface area contributed by atoms with Crippen molar-refractivity contribution in [3.05, 3.63) is 57.6 Å². The van der Waals surface area contributed by atoms with Crippen LogP contribution in [-0.2, 0) is 13.5 Å². The smallest absolute Gasteiger partial charge is 0.371 e. The van der Waals surface area contributed by atoms with E-state index >= 15 is 0 Å². The first-order chi connectivity index (χ1) is 11.2. The number of carbonyl (C=O) groups is 1. The lowest BCUT2D eigenvalue weighted by atomic mass is 10.1. The van der Waals surface area contributed by atoms with Crippen molar-refractivity contribution >= 4 is 5.91 Å². The van der Waals surface area contributed by atoms with E-state index in [1.165, 1.54) is 7.05 Å². The first kappa shape index (κ1) is 17.8. The summed E-state index contributed by atoms with van der Waals surface area (Å²) in [5.41, 5.74) is 1.26. The number of hydrogen-bond acceptors (Lipinski definition) is 3. The van der Waals surface area contributed by atoms with Gasteiger partial charge in [0.1, 0.15) is 6.54 Å². The Bertz CT molecular complexity index is 760. The van der Waals surface area contributed by atoms with Gasteiger partial charge in [0.2, 0.25) is 5.76 Å². The van der Waals surface area contributed by atoms with Crippen LogP contribution in [0.25, 0.3) is 0 Å². The average molecular weight is 342 g/mol. The van der Waals surface area contributed by atoms with Crippen molar-refractivity contribution in [1.29, 1.82) is 0 Å². The third-order valence-corrected chi connectivity index (χ3v) is 3.46. The second-order valence-corrected chi connectivity index (χ2v) is 5.51. The molecule has 1 aromatic heterocycles. The zero-order valence-corrected chi connectivity index (χ0v) is 13.3. The molecule has 0 atom stereocenters. The number of hydrogen-bond donors (Lipinski definition) is 0. The van der Waals surface area contributed by atoms with Crippen LogP contribution in [-0.4, -0.2) is 34.8 Å². The molecular formula is C16H17F3N2O3. The number of nitrogens with zero attached hydrogens (tertiary/aromatic N) is 2. The Labute approximate surface area is 136 Å². The highest BCUT2D eigenvalue weighted by molar-refractivity contribution is 5.91. The predicted octanol–water partition coefficient (Wildman–Crippen LogP) is 2.53. The van der Waals surface area contributed by atoms with Crippen LogP contribution < -0.4 is 5.56 Å². The number of amides is 1. The van der Waals surface area contributed by atoms with Crippen LogP contribution in [0, 0.1) is 6.92 Å². The molecule has 2 rings (SSSR count). The maximum absolute atomic E-state index is 12.8. The minimum absolute atomic E-state index is 0.139. The first-order valence-corrected chi connectivity index (χ1v) is 7.24. The summed E-state index contributed by atoms with van der Waals surface area (Å²) in [5, 5.41) is 0. The Morgan fingerprint density at radius 2 is 1.88 bits per heavy atom. The fourth-order valence-electron chi connectivity index (χ4n) is 2.17. The van der Waals surface area contributed by atoms with Crippen LogP contribution in [0.1, 0.15) is 21.7 Å². The molecule has 130 valence electrons. The van der Waals surface area contributed by atoms with Crippen LogP contribution in [0.3, 0.4) is 0 Å². The molecule has 0 fully saturated rings. The van der Waals surface area contributed by atoms with Crippen molar-refractivity contribution in [2.45, 2.75) is 19.5 Å². The maximum Gasteiger partial charge on any atom is 0.406 e. The summed E-state index contributed by atoms with van der Waals surface area (Å²) in [7, 11) is 1.28. The number of aryl methyl sites for hydroxylation is 2. The number of carbonyl (C=O) groups excluding carboxylic acids is 1. The van der Waals surface area contributed by atoms with Gasteiger partial charge in [-0.2, -0.15) is 17.9 Å². The summed E-state index contributed by atoms with van der Waals surface area (Å²) in [6.45, 7) is 0.358. The van der Waals surface area contributed by atoms with Gasteiger partial charge in [-0.3, -0.25) is 9.59 Å². The molecular weight excluding hydrogens is 325 g/mol. The number of benzene rings is 1. The van der Waals surface area contributed by atoms with Gasteiger partial charge in [0, 0.05) is 13.6 Å². The second-order valence-electron chi connectivity index (χ2n) is 5.51. The van der Waals surface area contributed by atoms with E-state index in [-0.39, 0.29) is 13.0 Å². The number of halogens is 3. The Morgan fingerprint density at radius 3 is 2.38 bits per heavy atom. The molecule has 8 heteroatoms. The summed E-state index contributed by atoms with van der Waals surface area (Å²) in [5.74, 6) is -1.37. The van der Waals surface area contributed by atoms with Crippen molar-refractivity contribution in [3.8, 4) is 0 Å². The van der Waals surface area contributed by atoms with Crippen LogP contribution in [0.2, 0.25) is 0 Å². The van der Waals surface area contributed by atoms with Gasteiger partial charge in [-0.1, -0.05) is 29.8 Å². The van der Waals surface area contributed by atoms with Crippen molar-refractivity contribution in [3.63, 3.8) is 0 Å². The van der Waals surface area contributed by atoms with Gasteiger partial charge in [-0.15, -0.1) is 0 Å². The quantitative estimate of drug-likeness (QED) is 0.839. The molecule has 1 heterocycles. The highest BCUT2D eigenvalue weighted by atomic mass is 19.4. The lowest BCUT2D eigenvalue weighted by Crippen LogP contribution is -2.40.